The average Bonchev–Trinajstić information content (AvgIpc) is 2.90. The van der Waals surface area contributed by atoms with E-state index in [1.54, 1.807) is 4.90 Å². The fourth-order valence-electron chi connectivity index (χ4n) is 2.84. The van der Waals surface area contributed by atoms with E-state index in [0.29, 0.717) is 32.5 Å². The molecular formula is C17H24N2O5S. The molecule has 1 aliphatic rings. The highest BCUT2D eigenvalue weighted by Crippen LogP contribution is 2.15. The summed E-state index contributed by atoms with van der Waals surface area (Å²) < 4.78 is 25.0. The molecule has 1 amide bonds. The van der Waals surface area contributed by atoms with Gasteiger partial charge in [0, 0.05) is 39.0 Å². The zero-order chi connectivity index (χ0) is 18.3. The number of rotatable bonds is 9. The van der Waals surface area contributed by atoms with Crippen LogP contribution in [0.5, 0.6) is 0 Å². The molecule has 7 nitrogen and oxygen atoms in total. The molecule has 2 rings (SSSR count). The number of hydrogen-bond donors (Lipinski definition) is 1. The Bertz CT molecular complexity index is 690. The van der Waals surface area contributed by atoms with Gasteiger partial charge in [-0.15, -0.1) is 0 Å². The normalized spacial score (nSPS) is 16.6. The van der Waals surface area contributed by atoms with Crippen molar-refractivity contribution >= 4 is 21.9 Å². The van der Waals surface area contributed by atoms with Crippen molar-refractivity contribution in [3.05, 3.63) is 35.9 Å². The van der Waals surface area contributed by atoms with Crippen LogP contribution in [0.2, 0.25) is 0 Å². The topological polar surface area (TPSA) is 95.0 Å². The molecular weight excluding hydrogens is 344 g/mol. The summed E-state index contributed by atoms with van der Waals surface area (Å²) in [6.07, 6.45) is 1.08. The number of carbonyl (C=O) groups is 2. The quantitative estimate of drug-likeness (QED) is 0.709. The van der Waals surface area contributed by atoms with Crippen molar-refractivity contribution in [2.45, 2.75) is 32.2 Å². The van der Waals surface area contributed by atoms with Crippen molar-refractivity contribution < 1.29 is 23.1 Å². The van der Waals surface area contributed by atoms with Gasteiger partial charge in [0.2, 0.25) is 15.9 Å². The molecule has 0 saturated carbocycles. The first kappa shape index (κ1) is 19.4. The summed E-state index contributed by atoms with van der Waals surface area (Å²) in [5.74, 6) is -0.903. The minimum absolute atomic E-state index is 0.000919. The summed E-state index contributed by atoms with van der Waals surface area (Å²) in [6.45, 7) is 1.39. The second-order valence-electron chi connectivity index (χ2n) is 6.12. The van der Waals surface area contributed by atoms with E-state index in [0.717, 1.165) is 5.56 Å². The molecule has 1 aliphatic heterocycles. The van der Waals surface area contributed by atoms with Crippen molar-refractivity contribution in [1.82, 2.24) is 9.21 Å². The van der Waals surface area contributed by atoms with Gasteiger partial charge >= 0.3 is 5.97 Å². The predicted octanol–water partition coefficient (Wildman–Crippen LogP) is 1.31. The number of hydrogen-bond acceptors (Lipinski definition) is 4. The van der Waals surface area contributed by atoms with Crippen LogP contribution < -0.4 is 0 Å². The lowest BCUT2D eigenvalue weighted by Crippen LogP contribution is -2.35. The standard InChI is InChI=1S/C17H24N2O5S/c20-16(9-12-19-11-5-13-25(19,23)24)18(10-4-8-17(21)22)14-15-6-2-1-3-7-15/h1-3,6-7H,4-5,8-14H2,(H,21,22). The summed E-state index contributed by atoms with van der Waals surface area (Å²) in [4.78, 5) is 24.9. The molecule has 8 heteroatoms. The summed E-state index contributed by atoms with van der Waals surface area (Å²) >= 11 is 0. The van der Waals surface area contributed by atoms with Crippen LogP contribution in [0.25, 0.3) is 0 Å². The number of carboxylic acids is 1. The highest BCUT2D eigenvalue weighted by atomic mass is 32.2. The number of aliphatic carboxylic acids is 1. The number of benzene rings is 1. The third-order valence-electron chi connectivity index (χ3n) is 4.17. The Morgan fingerprint density at radius 3 is 2.48 bits per heavy atom. The second-order valence-corrected chi connectivity index (χ2v) is 8.21. The maximum Gasteiger partial charge on any atom is 0.303 e. The van der Waals surface area contributed by atoms with Crippen molar-refractivity contribution in [2.75, 3.05) is 25.4 Å². The van der Waals surface area contributed by atoms with Crippen molar-refractivity contribution in [2.24, 2.45) is 0 Å². The van der Waals surface area contributed by atoms with Crippen LogP contribution in [0, 0.1) is 0 Å². The van der Waals surface area contributed by atoms with Crippen LogP contribution in [-0.2, 0) is 26.2 Å². The first-order chi connectivity index (χ1) is 11.9. The Morgan fingerprint density at radius 2 is 1.88 bits per heavy atom. The fraction of sp³-hybridized carbons (Fsp3) is 0.529. The SMILES string of the molecule is O=C(O)CCCN(Cc1ccccc1)C(=O)CCN1CCCS1(=O)=O. The van der Waals surface area contributed by atoms with E-state index >= 15 is 0 Å². The molecule has 1 saturated heterocycles. The van der Waals surface area contributed by atoms with Crippen molar-refractivity contribution in [3.63, 3.8) is 0 Å². The van der Waals surface area contributed by atoms with E-state index in [2.05, 4.69) is 0 Å². The highest BCUT2D eigenvalue weighted by molar-refractivity contribution is 7.89. The molecule has 0 aromatic heterocycles. The second kappa shape index (κ2) is 8.96. The van der Waals surface area contributed by atoms with Crippen LogP contribution >= 0.6 is 0 Å². The zero-order valence-electron chi connectivity index (χ0n) is 14.1. The fourth-order valence-corrected chi connectivity index (χ4v) is 4.37. The summed E-state index contributed by atoms with van der Waals surface area (Å²) in [7, 11) is -3.21. The molecule has 0 spiro atoms. The van der Waals surface area contributed by atoms with Gasteiger partial charge in [-0.2, -0.15) is 0 Å². The largest absolute Gasteiger partial charge is 0.481 e. The predicted molar refractivity (Wildman–Crippen MR) is 93.3 cm³/mol. The molecule has 1 N–H and O–H groups in total. The van der Waals surface area contributed by atoms with Crippen molar-refractivity contribution in [3.8, 4) is 0 Å². The molecule has 1 aromatic carbocycles. The molecule has 1 aromatic rings. The van der Waals surface area contributed by atoms with E-state index in [1.165, 1.54) is 4.31 Å². The lowest BCUT2D eigenvalue weighted by Gasteiger charge is -2.24. The van der Waals surface area contributed by atoms with Gasteiger partial charge in [-0.05, 0) is 18.4 Å². The average molecular weight is 368 g/mol. The smallest absolute Gasteiger partial charge is 0.303 e. The Morgan fingerprint density at radius 1 is 1.16 bits per heavy atom. The third-order valence-corrected chi connectivity index (χ3v) is 6.12. The molecule has 0 atom stereocenters. The molecule has 0 radical (unpaired) electrons. The number of carbonyl (C=O) groups excluding carboxylic acids is 1. The zero-order valence-corrected chi connectivity index (χ0v) is 15.0. The lowest BCUT2D eigenvalue weighted by molar-refractivity contribution is -0.138. The van der Waals surface area contributed by atoms with Gasteiger partial charge in [0.05, 0.1) is 5.75 Å². The molecule has 0 bridgehead atoms. The van der Waals surface area contributed by atoms with E-state index in [9.17, 15) is 18.0 Å². The van der Waals surface area contributed by atoms with Crippen molar-refractivity contribution in [1.29, 1.82) is 0 Å². The molecule has 25 heavy (non-hydrogen) atoms. The van der Waals surface area contributed by atoms with Gasteiger partial charge in [-0.25, -0.2) is 12.7 Å². The Hall–Kier alpha value is -1.93. The van der Waals surface area contributed by atoms with E-state index in [1.807, 2.05) is 30.3 Å². The summed E-state index contributed by atoms with van der Waals surface area (Å²) in [5.41, 5.74) is 0.958. The molecule has 0 aliphatic carbocycles. The van der Waals surface area contributed by atoms with Gasteiger partial charge in [0.1, 0.15) is 0 Å². The minimum Gasteiger partial charge on any atom is -0.481 e. The van der Waals surface area contributed by atoms with Crippen LogP contribution in [0.1, 0.15) is 31.2 Å². The van der Waals surface area contributed by atoms with Gasteiger partial charge in [0.25, 0.3) is 0 Å². The highest BCUT2D eigenvalue weighted by Gasteiger charge is 2.28. The number of carboxylic acid groups (broad SMARTS) is 1. The van der Waals surface area contributed by atoms with Gasteiger partial charge in [-0.3, -0.25) is 9.59 Å². The van der Waals surface area contributed by atoms with Gasteiger partial charge in [0.15, 0.2) is 0 Å². The van der Waals surface area contributed by atoms with Crippen LogP contribution in [0.15, 0.2) is 30.3 Å². The Balaban J connectivity index is 1.95. The van der Waals surface area contributed by atoms with E-state index < -0.39 is 16.0 Å². The first-order valence-corrected chi connectivity index (χ1v) is 10.0. The molecule has 1 fully saturated rings. The maximum atomic E-state index is 12.5. The number of amides is 1. The van der Waals surface area contributed by atoms with Crippen LogP contribution in [0.4, 0.5) is 0 Å². The van der Waals surface area contributed by atoms with E-state index in [-0.39, 0.29) is 31.0 Å². The summed E-state index contributed by atoms with van der Waals surface area (Å²) in [6, 6.07) is 9.46. The molecule has 0 unspecified atom stereocenters. The molecule has 138 valence electrons. The number of sulfonamides is 1. The third kappa shape index (κ3) is 6.13. The monoisotopic (exact) mass is 368 g/mol. The Labute approximate surface area is 148 Å². The molecule has 1 heterocycles. The van der Waals surface area contributed by atoms with Gasteiger partial charge < -0.3 is 10.0 Å². The van der Waals surface area contributed by atoms with Gasteiger partial charge in [-0.1, -0.05) is 30.3 Å². The van der Waals surface area contributed by atoms with Crippen LogP contribution in [-0.4, -0.2) is 60.0 Å². The number of nitrogens with zero attached hydrogens (tertiary/aromatic N) is 2. The maximum absolute atomic E-state index is 12.5. The van der Waals surface area contributed by atoms with Crippen LogP contribution in [0.3, 0.4) is 0 Å². The van der Waals surface area contributed by atoms with E-state index in [4.69, 9.17) is 5.11 Å². The minimum atomic E-state index is -3.21. The lowest BCUT2D eigenvalue weighted by atomic mass is 10.2. The Kier molecular flexibility index (Phi) is 6.95. The first-order valence-electron chi connectivity index (χ1n) is 8.40. The summed E-state index contributed by atoms with van der Waals surface area (Å²) in [5, 5.41) is 8.78.